The molecule has 20 heavy (non-hydrogen) atoms. The van der Waals surface area contributed by atoms with Crippen molar-refractivity contribution in [3.63, 3.8) is 0 Å². The van der Waals surface area contributed by atoms with Crippen LogP contribution < -0.4 is 5.32 Å². The van der Waals surface area contributed by atoms with E-state index in [1.54, 1.807) is 11.9 Å². The molecule has 0 bridgehead atoms. The molecule has 0 atom stereocenters. The highest BCUT2D eigenvalue weighted by Crippen LogP contribution is 2.26. The summed E-state index contributed by atoms with van der Waals surface area (Å²) < 4.78 is 13.2. The van der Waals surface area contributed by atoms with E-state index in [2.05, 4.69) is 5.32 Å². The number of nitrogens with zero attached hydrogens (tertiary/aromatic N) is 1. The Morgan fingerprint density at radius 3 is 2.70 bits per heavy atom. The van der Waals surface area contributed by atoms with E-state index in [0.717, 1.165) is 25.0 Å². The molecule has 2 amide bonds. The second-order valence-corrected chi connectivity index (χ2v) is 5.11. The molecule has 0 saturated heterocycles. The normalized spacial score (nSPS) is 14.5. The maximum Gasteiger partial charge on any atom is 0.338 e. The van der Waals surface area contributed by atoms with Gasteiger partial charge >= 0.3 is 12.0 Å². The largest absolute Gasteiger partial charge is 0.478 e. The number of hydrogen-bond acceptors (Lipinski definition) is 2. The molecule has 6 heteroatoms. The summed E-state index contributed by atoms with van der Waals surface area (Å²) in [5, 5.41) is 11.4. The number of anilines is 1. The fourth-order valence-electron chi connectivity index (χ4n) is 2.13. The van der Waals surface area contributed by atoms with Gasteiger partial charge in [-0.25, -0.2) is 14.0 Å². The van der Waals surface area contributed by atoms with Crippen LogP contribution in [0, 0.1) is 11.7 Å². The molecular weight excluding hydrogens is 263 g/mol. The van der Waals surface area contributed by atoms with E-state index in [9.17, 15) is 14.0 Å². The lowest BCUT2D eigenvalue weighted by atomic mass is 9.85. The number of benzene rings is 1. The topological polar surface area (TPSA) is 69.6 Å². The fourth-order valence-corrected chi connectivity index (χ4v) is 2.13. The monoisotopic (exact) mass is 280 g/mol. The van der Waals surface area contributed by atoms with Crippen LogP contribution in [0.15, 0.2) is 18.2 Å². The Kier molecular flexibility index (Phi) is 4.22. The predicted octanol–water partition coefficient (Wildman–Crippen LogP) is 2.79. The number of carbonyl (C=O) groups excluding carboxylic acids is 1. The molecule has 0 radical (unpaired) electrons. The van der Waals surface area contributed by atoms with Crippen molar-refractivity contribution in [3.05, 3.63) is 29.6 Å². The van der Waals surface area contributed by atoms with E-state index < -0.39 is 17.3 Å². The molecule has 108 valence electrons. The molecule has 1 aliphatic rings. The second-order valence-electron chi connectivity index (χ2n) is 5.11. The lowest BCUT2D eigenvalue weighted by Gasteiger charge is -2.30. The SMILES string of the molecule is CN(CC1CCC1)C(=O)Nc1ccc(F)c(C(=O)O)c1. The van der Waals surface area contributed by atoms with Crippen molar-refractivity contribution >= 4 is 17.7 Å². The molecule has 0 aromatic heterocycles. The number of hydrogen-bond donors (Lipinski definition) is 2. The minimum atomic E-state index is -1.36. The number of carboxylic acid groups (broad SMARTS) is 1. The second kappa shape index (κ2) is 5.90. The average Bonchev–Trinajstić information content (AvgIpc) is 2.35. The van der Waals surface area contributed by atoms with Gasteiger partial charge in [0, 0.05) is 19.3 Å². The first kappa shape index (κ1) is 14.3. The van der Waals surface area contributed by atoms with Crippen LogP contribution in [0.25, 0.3) is 0 Å². The summed E-state index contributed by atoms with van der Waals surface area (Å²) in [4.78, 5) is 24.3. The van der Waals surface area contributed by atoms with Crippen molar-refractivity contribution in [3.8, 4) is 0 Å². The van der Waals surface area contributed by atoms with Crippen molar-refractivity contribution in [2.45, 2.75) is 19.3 Å². The lowest BCUT2D eigenvalue weighted by molar-refractivity contribution is 0.0692. The standard InChI is InChI=1S/C14H17FN2O3/c1-17(8-9-3-2-4-9)14(20)16-10-5-6-12(15)11(7-10)13(18)19/h5-7,9H,2-4,8H2,1H3,(H,16,20)(H,18,19). The lowest BCUT2D eigenvalue weighted by Crippen LogP contribution is -2.37. The highest BCUT2D eigenvalue weighted by atomic mass is 19.1. The van der Waals surface area contributed by atoms with Crippen LogP contribution in [0.5, 0.6) is 0 Å². The Labute approximate surface area is 116 Å². The van der Waals surface area contributed by atoms with E-state index in [1.807, 2.05) is 0 Å². The smallest absolute Gasteiger partial charge is 0.338 e. The Hall–Kier alpha value is -2.11. The van der Waals surface area contributed by atoms with Crippen LogP contribution in [0.3, 0.4) is 0 Å². The molecule has 0 unspecified atom stereocenters. The Morgan fingerprint density at radius 1 is 1.45 bits per heavy atom. The quantitative estimate of drug-likeness (QED) is 0.891. The van der Waals surface area contributed by atoms with Crippen LogP contribution >= 0.6 is 0 Å². The van der Waals surface area contributed by atoms with Crippen molar-refractivity contribution in [1.82, 2.24) is 4.90 Å². The van der Waals surface area contributed by atoms with E-state index in [4.69, 9.17) is 5.11 Å². The van der Waals surface area contributed by atoms with Gasteiger partial charge < -0.3 is 15.3 Å². The van der Waals surface area contributed by atoms with Gasteiger partial charge in [0.25, 0.3) is 0 Å². The Morgan fingerprint density at radius 2 is 2.15 bits per heavy atom. The molecule has 1 fully saturated rings. The number of carbonyl (C=O) groups is 2. The molecule has 0 spiro atoms. The van der Waals surface area contributed by atoms with Gasteiger partial charge in [-0.2, -0.15) is 0 Å². The number of nitrogens with one attached hydrogen (secondary N) is 1. The minimum absolute atomic E-state index is 0.272. The zero-order chi connectivity index (χ0) is 14.7. The summed E-state index contributed by atoms with van der Waals surface area (Å²) in [6.07, 6.45) is 3.48. The molecule has 1 saturated carbocycles. The van der Waals surface area contributed by atoms with Crippen molar-refractivity contribution in [2.75, 3.05) is 18.9 Å². The molecule has 1 aliphatic carbocycles. The first-order valence-corrected chi connectivity index (χ1v) is 6.52. The van der Waals surface area contributed by atoms with Crippen LogP contribution in [0.4, 0.5) is 14.9 Å². The summed E-state index contributed by atoms with van der Waals surface area (Å²) in [5.41, 5.74) is -0.182. The number of carboxylic acids is 1. The van der Waals surface area contributed by atoms with Crippen LogP contribution in [-0.2, 0) is 0 Å². The molecule has 5 nitrogen and oxygen atoms in total. The van der Waals surface area contributed by atoms with Crippen LogP contribution in [-0.4, -0.2) is 35.6 Å². The van der Waals surface area contributed by atoms with Crippen LogP contribution in [0.2, 0.25) is 0 Å². The zero-order valence-corrected chi connectivity index (χ0v) is 11.2. The molecule has 1 aromatic rings. The van der Waals surface area contributed by atoms with Crippen molar-refractivity contribution in [1.29, 1.82) is 0 Å². The zero-order valence-electron chi connectivity index (χ0n) is 11.2. The molecule has 2 rings (SSSR count). The van der Waals surface area contributed by atoms with Gasteiger partial charge in [-0.15, -0.1) is 0 Å². The number of amides is 2. The number of halogens is 1. The molecule has 0 aliphatic heterocycles. The Bertz CT molecular complexity index is 529. The fraction of sp³-hybridized carbons (Fsp3) is 0.429. The third kappa shape index (κ3) is 3.26. The average molecular weight is 280 g/mol. The van der Waals surface area contributed by atoms with Gasteiger partial charge in [0.1, 0.15) is 5.82 Å². The maximum absolute atomic E-state index is 13.2. The minimum Gasteiger partial charge on any atom is -0.478 e. The van der Waals surface area contributed by atoms with E-state index >= 15 is 0 Å². The summed E-state index contributed by atoms with van der Waals surface area (Å²) in [6.45, 7) is 0.679. The first-order valence-electron chi connectivity index (χ1n) is 6.52. The van der Waals surface area contributed by atoms with E-state index in [0.29, 0.717) is 12.5 Å². The van der Waals surface area contributed by atoms with Gasteiger partial charge in [-0.3, -0.25) is 0 Å². The first-order chi connectivity index (χ1) is 9.47. The summed E-state index contributed by atoms with van der Waals surface area (Å²) in [5.74, 6) is -1.63. The number of urea groups is 1. The molecule has 1 aromatic carbocycles. The number of rotatable bonds is 4. The third-order valence-corrected chi connectivity index (χ3v) is 3.55. The number of aromatic carboxylic acids is 1. The maximum atomic E-state index is 13.2. The highest BCUT2D eigenvalue weighted by Gasteiger charge is 2.21. The third-order valence-electron chi connectivity index (χ3n) is 3.55. The van der Waals surface area contributed by atoms with Gasteiger partial charge in [0.15, 0.2) is 0 Å². The highest BCUT2D eigenvalue weighted by molar-refractivity contribution is 5.93. The predicted molar refractivity (Wildman–Crippen MR) is 72.3 cm³/mol. The summed E-state index contributed by atoms with van der Waals surface area (Å²) in [6, 6.07) is 3.18. The van der Waals surface area contributed by atoms with Gasteiger partial charge in [-0.05, 0) is 37.0 Å². The summed E-state index contributed by atoms with van der Waals surface area (Å²) >= 11 is 0. The Balaban J connectivity index is 1.99. The molecule has 0 heterocycles. The van der Waals surface area contributed by atoms with E-state index in [1.165, 1.54) is 12.5 Å². The van der Waals surface area contributed by atoms with E-state index in [-0.39, 0.29) is 11.7 Å². The van der Waals surface area contributed by atoms with Crippen molar-refractivity contribution in [2.24, 2.45) is 5.92 Å². The summed E-state index contributed by atoms with van der Waals surface area (Å²) in [7, 11) is 1.69. The molecule has 2 N–H and O–H groups in total. The van der Waals surface area contributed by atoms with Gasteiger partial charge in [0.2, 0.25) is 0 Å². The van der Waals surface area contributed by atoms with Crippen LogP contribution in [0.1, 0.15) is 29.6 Å². The van der Waals surface area contributed by atoms with Crippen molar-refractivity contribution < 1.29 is 19.1 Å². The molecular formula is C14H17FN2O3. The van der Waals surface area contributed by atoms with Gasteiger partial charge in [0.05, 0.1) is 5.56 Å². The van der Waals surface area contributed by atoms with Gasteiger partial charge in [-0.1, -0.05) is 6.42 Å².